The lowest BCUT2D eigenvalue weighted by Gasteiger charge is -2.16. The minimum absolute atomic E-state index is 0.0711. The molecule has 0 amide bonds. The monoisotopic (exact) mass is 256 g/mol. The summed E-state index contributed by atoms with van der Waals surface area (Å²) in [6.45, 7) is 2.89. The molecule has 1 aliphatic heterocycles. The van der Waals surface area contributed by atoms with Crippen LogP contribution >= 0.6 is 0 Å². The lowest BCUT2D eigenvalue weighted by molar-refractivity contribution is 0.326. The maximum Gasteiger partial charge on any atom is 0.126 e. The van der Waals surface area contributed by atoms with Gasteiger partial charge in [0.05, 0.1) is 0 Å². The van der Waals surface area contributed by atoms with E-state index in [0.29, 0.717) is 5.92 Å². The molecule has 1 saturated heterocycles. The maximum atomic E-state index is 13.8. The van der Waals surface area contributed by atoms with E-state index in [2.05, 4.69) is 9.88 Å². The van der Waals surface area contributed by atoms with Crippen LogP contribution < -0.4 is 0 Å². The predicted molar refractivity (Wildman–Crippen MR) is 73.3 cm³/mol. The molecule has 1 aromatic heterocycles. The molecule has 1 fully saturated rings. The molecule has 1 aliphatic rings. The van der Waals surface area contributed by atoms with Crippen molar-refractivity contribution >= 4 is 0 Å². The van der Waals surface area contributed by atoms with Crippen LogP contribution in [0.4, 0.5) is 4.39 Å². The Morgan fingerprint density at radius 2 is 1.95 bits per heavy atom. The summed E-state index contributed by atoms with van der Waals surface area (Å²) >= 11 is 0. The highest BCUT2D eigenvalue weighted by molar-refractivity contribution is 5.23. The SMILES string of the molecule is Fc1ccccc1[C@@H]1CCN(Cc2ccncc2)C1. The number of hydrogen-bond acceptors (Lipinski definition) is 2. The number of rotatable bonds is 3. The van der Waals surface area contributed by atoms with E-state index in [-0.39, 0.29) is 5.82 Å². The molecule has 2 heterocycles. The highest BCUT2D eigenvalue weighted by atomic mass is 19.1. The third kappa shape index (κ3) is 2.82. The molecule has 0 spiro atoms. The van der Waals surface area contributed by atoms with Crippen molar-refractivity contribution in [1.82, 2.24) is 9.88 Å². The van der Waals surface area contributed by atoms with Crippen LogP contribution in [0.25, 0.3) is 0 Å². The Morgan fingerprint density at radius 1 is 1.16 bits per heavy atom. The van der Waals surface area contributed by atoms with Crippen LogP contribution in [-0.2, 0) is 6.54 Å². The van der Waals surface area contributed by atoms with Gasteiger partial charge in [0.25, 0.3) is 0 Å². The normalized spacial score (nSPS) is 19.7. The Hall–Kier alpha value is -1.74. The molecular weight excluding hydrogens is 239 g/mol. The highest BCUT2D eigenvalue weighted by Crippen LogP contribution is 2.29. The predicted octanol–water partition coefficient (Wildman–Crippen LogP) is 3.21. The van der Waals surface area contributed by atoms with Gasteiger partial charge in [-0.15, -0.1) is 0 Å². The number of aromatic nitrogens is 1. The second kappa shape index (κ2) is 5.49. The van der Waals surface area contributed by atoms with Crippen LogP contribution in [0.3, 0.4) is 0 Å². The molecule has 0 N–H and O–H groups in total. The largest absolute Gasteiger partial charge is 0.298 e. The van der Waals surface area contributed by atoms with E-state index in [1.165, 1.54) is 5.56 Å². The summed E-state index contributed by atoms with van der Waals surface area (Å²) in [6.07, 6.45) is 4.67. The molecule has 98 valence electrons. The molecule has 2 nitrogen and oxygen atoms in total. The van der Waals surface area contributed by atoms with Crippen LogP contribution in [0.2, 0.25) is 0 Å². The summed E-state index contributed by atoms with van der Waals surface area (Å²) in [7, 11) is 0. The van der Waals surface area contributed by atoms with Gasteiger partial charge in [-0.1, -0.05) is 18.2 Å². The fourth-order valence-electron chi connectivity index (χ4n) is 2.78. The average Bonchev–Trinajstić information content (AvgIpc) is 2.89. The fraction of sp³-hybridized carbons (Fsp3) is 0.312. The van der Waals surface area contributed by atoms with Crippen LogP contribution in [0, 0.1) is 5.82 Å². The fourth-order valence-corrected chi connectivity index (χ4v) is 2.78. The Bertz CT molecular complexity index is 541. The van der Waals surface area contributed by atoms with Crippen molar-refractivity contribution < 1.29 is 4.39 Å². The zero-order chi connectivity index (χ0) is 13.1. The maximum absolute atomic E-state index is 13.8. The van der Waals surface area contributed by atoms with Crippen LogP contribution in [-0.4, -0.2) is 23.0 Å². The van der Waals surface area contributed by atoms with Gasteiger partial charge in [0.2, 0.25) is 0 Å². The highest BCUT2D eigenvalue weighted by Gasteiger charge is 2.25. The van der Waals surface area contributed by atoms with Gasteiger partial charge >= 0.3 is 0 Å². The standard InChI is InChI=1S/C16H17FN2/c17-16-4-2-1-3-15(16)14-7-10-19(12-14)11-13-5-8-18-9-6-13/h1-6,8-9,14H,7,10-12H2/t14-/m1/s1. The summed E-state index contributed by atoms with van der Waals surface area (Å²) in [5.74, 6) is 0.251. The quantitative estimate of drug-likeness (QED) is 0.838. The minimum Gasteiger partial charge on any atom is -0.298 e. The lowest BCUT2D eigenvalue weighted by atomic mass is 9.98. The van der Waals surface area contributed by atoms with E-state index in [9.17, 15) is 4.39 Å². The van der Waals surface area contributed by atoms with Crippen LogP contribution in [0.1, 0.15) is 23.5 Å². The summed E-state index contributed by atoms with van der Waals surface area (Å²) < 4.78 is 13.8. The number of hydrogen-bond donors (Lipinski definition) is 0. The van der Waals surface area contributed by atoms with E-state index in [1.807, 2.05) is 36.7 Å². The minimum atomic E-state index is -0.0711. The molecule has 1 atom stereocenters. The zero-order valence-electron chi connectivity index (χ0n) is 10.8. The van der Waals surface area contributed by atoms with E-state index in [1.54, 1.807) is 12.1 Å². The first kappa shape index (κ1) is 12.3. The molecule has 0 bridgehead atoms. The third-order valence-electron chi connectivity index (χ3n) is 3.77. The first-order chi connectivity index (χ1) is 9.33. The third-order valence-corrected chi connectivity index (χ3v) is 3.77. The van der Waals surface area contributed by atoms with Crippen molar-refractivity contribution in [3.63, 3.8) is 0 Å². The number of likely N-dealkylation sites (tertiary alicyclic amines) is 1. The van der Waals surface area contributed by atoms with E-state index >= 15 is 0 Å². The first-order valence-electron chi connectivity index (χ1n) is 6.68. The molecule has 0 saturated carbocycles. The van der Waals surface area contributed by atoms with E-state index in [4.69, 9.17) is 0 Å². The molecular formula is C16H17FN2. The van der Waals surface area contributed by atoms with Crippen LogP contribution in [0.15, 0.2) is 48.8 Å². The smallest absolute Gasteiger partial charge is 0.126 e. The van der Waals surface area contributed by atoms with Gasteiger partial charge in [0, 0.05) is 31.4 Å². The van der Waals surface area contributed by atoms with Crippen molar-refractivity contribution in [3.8, 4) is 0 Å². The molecule has 1 aromatic carbocycles. The van der Waals surface area contributed by atoms with Crippen molar-refractivity contribution in [2.45, 2.75) is 18.9 Å². The number of nitrogens with zero attached hydrogens (tertiary/aromatic N) is 2. The summed E-state index contributed by atoms with van der Waals surface area (Å²) in [5, 5.41) is 0. The molecule has 3 heteroatoms. The average molecular weight is 256 g/mol. The van der Waals surface area contributed by atoms with Gasteiger partial charge in [-0.2, -0.15) is 0 Å². The Labute approximate surface area is 112 Å². The zero-order valence-corrected chi connectivity index (χ0v) is 10.8. The van der Waals surface area contributed by atoms with Gasteiger partial charge in [-0.05, 0) is 42.3 Å². The molecule has 0 aliphatic carbocycles. The van der Waals surface area contributed by atoms with Gasteiger partial charge < -0.3 is 0 Å². The van der Waals surface area contributed by atoms with Crippen molar-refractivity contribution in [3.05, 3.63) is 65.7 Å². The number of benzene rings is 1. The summed E-state index contributed by atoms with van der Waals surface area (Å²) in [4.78, 5) is 6.41. The van der Waals surface area contributed by atoms with Crippen molar-refractivity contribution in [2.24, 2.45) is 0 Å². The van der Waals surface area contributed by atoms with Crippen molar-refractivity contribution in [1.29, 1.82) is 0 Å². The van der Waals surface area contributed by atoms with Gasteiger partial charge in [0.15, 0.2) is 0 Å². The van der Waals surface area contributed by atoms with Gasteiger partial charge in [0.1, 0.15) is 5.82 Å². The second-order valence-corrected chi connectivity index (χ2v) is 5.10. The molecule has 19 heavy (non-hydrogen) atoms. The first-order valence-corrected chi connectivity index (χ1v) is 6.68. The van der Waals surface area contributed by atoms with E-state index < -0.39 is 0 Å². The number of halogens is 1. The summed E-state index contributed by atoms with van der Waals surface area (Å²) in [5.41, 5.74) is 2.13. The molecule has 0 unspecified atom stereocenters. The lowest BCUT2D eigenvalue weighted by Crippen LogP contribution is -2.19. The Balaban J connectivity index is 1.66. The Morgan fingerprint density at radius 3 is 2.74 bits per heavy atom. The van der Waals surface area contributed by atoms with E-state index in [0.717, 1.165) is 31.6 Å². The van der Waals surface area contributed by atoms with Gasteiger partial charge in [-0.25, -0.2) is 4.39 Å². The molecule has 2 aromatic rings. The van der Waals surface area contributed by atoms with Crippen molar-refractivity contribution in [2.75, 3.05) is 13.1 Å². The molecule has 3 rings (SSSR count). The number of pyridine rings is 1. The Kier molecular flexibility index (Phi) is 3.56. The molecule has 0 radical (unpaired) electrons. The summed E-state index contributed by atoms with van der Waals surface area (Å²) in [6, 6.07) is 11.2. The second-order valence-electron chi connectivity index (χ2n) is 5.10. The topological polar surface area (TPSA) is 16.1 Å². The van der Waals surface area contributed by atoms with Gasteiger partial charge in [-0.3, -0.25) is 9.88 Å². The van der Waals surface area contributed by atoms with Crippen LogP contribution in [0.5, 0.6) is 0 Å².